The molecular weight excluding hydrogens is 294 g/mol. The van der Waals surface area contributed by atoms with Crippen molar-refractivity contribution in [2.24, 2.45) is 0 Å². The quantitative estimate of drug-likeness (QED) is 0.786. The molecule has 6 heteroatoms. The van der Waals surface area contributed by atoms with Crippen molar-refractivity contribution in [2.75, 3.05) is 20.1 Å². The lowest BCUT2D eigenvalue weighted by Gasteiger charge is -2.15. The first-order valence-electron chi connectivity index (χ1n) is 8.09. The highest BCUT2D eigenvalue weighted by Gasteiger charge is 2.13. The fourth-order valence-electron chi connectivity index (χ4n) is 2.98. The molecule has 0 atom stereocenters. The van der Waals surface area contributed by atoms with Crippen LogP contribution >= 0.6 is 11.3 Å². The van der Waals surface area contributed by atoms with E-state index in [0.29, 0.717) is 0 Å². The van der Waals surface area contributed by atoms with Gasteiger partial charge in [0.25, 0.3) is 0 Å². The largest absolute Gasteiger partial charge is 0.317 e. The van der Waals surface area contributed by atoms with Crippen molar-refractivity contribution in [3.05, 3.63) is 34.0 Å². The summed E-state index contributed by atoms with van der Waals surface area (Å²) in [6.45, 7) is 8.51. The van der Waals surface area contributed by atoms with Crippen molar-refractivity contribution in [1.29, 1.82) is 0 Å². The number of aryl methyl sites for hydroxylation is 1. The van der Waals surface area contributed by atoms with Gasteiger partial charge in [0.05, 0.1) is 6.54 Å². The van der Waals surface area contributed by atoms with Crippen LogP contribution in [0.2, 0.25) is 0 Å². The molecule has 3 rings (SSSR count). The van der Waals surface area contributed by atoms with Crippen LogP contribution < -0.4 is 0 Å². The molecule has 3 heterocycles. The summed E-state index contributed by atoms with van der Waals surface area (Å²) >= 11 is 1.94. The van der Waals surface area contributed by atoms with Crippen molar-refractivity contribution in [3.8, 4) is 0 Å². The minimum atomic E-state index is 0.840. The maximum atomic E-state index is 4.21. The summed E-state index contributed by atoms with van der Waals surface area (Å²) in [6.07, 6.45) is 4.53. The Labute approximate surface area is 136 Å². The van der Waals surface area contributed by atoms with E-state index in [1.165, 1.54) is 35.7 Å². The SMILES string of the molecule is CCn1cnnc1CN(C)Cc1ccc(CN2CCCC2)s1. The van der Waals surface area contributed by atoms with E-state index in [9.17, 15) is 0 Å². The van der Waals surface area contributed by atoms with E-state index in [1.807, 2.05) is 17.7 Å². The molecule has 1 aliphatic heterocycles. The van der Waals surface area contributed by atoms with E-state index in [0.717, 1.165) is 32.0 Å². The molecule has 5 nitrogen and oxygen atoms in total. The van der Waals surface area contributed by atoms with E-state index in [4.69, 9.17) is 0 Å². The molecule has 2 aromatic rings. The minimum absolute atomic E-state index is 0.840. The van der Waals surface area contributed by atoms with E-state index >= 15 is 0 Å². The standard InChI is InChI=1S/C16H25N5S/c1-3-21-13-17-18-16(21)12-19(2)10-14-6-7-15(22-14)11-20-8-4-5-9-20/h6-7,13H,3-5,8-12H2,1-2H3. The normalized spacial score (nSPS) is 16.0. The topological polar surface area (TPSA) is 37.2 Å². The first kappa shape index (κ1) is 15.6. The average molecular weight is 319 g/mol. The van der Waals surface area contributed by atoms with Gasteiger partial charge in [0.15, 0.2) is 0 Å². The Kier molecular flexibility index (Phi) is 5.23. The fourth-order valence-corrected chi connectivity index (χ4v) is 4.12. The third kappa shape index (κ3) is 3.94. The van der Waals surface area contributed by atoms with Crippen molar-refractivity contribution in [1.82, 2.24) is 24.6 Å². The smallest absolute Gasteiger partial charge is 0.146 e. The maximum Gasteiger partial charge on any atom is 0.146 e. The molecule has 22 heavy (non-hydrogen) atoms. The van der Waals surface area contributed by atoms with Crippen LogP contribution in [0, 0.1) is 0 Å². The monoisotopic (exact) mass is 319 g/mol. The van der Waals surface area contributed by atoms with Gasteiger partial charge in [-0.05, 0) is 52.0 Å². The second-order valence-corrected chi connectivity index (χ2v) is 7.31. The van der Waals surface area contributed by atoms with Gasteiger partial charge in [-0.1, -0.05) is 0 Å². The Bertz CT molecular complexity index is 585. The molecule has 0 N–H and O–H groups in total. The number of likely N-dealkylation sites (tertiary alicyclic amines) is 1. The molecule has 1 saturated heterocycles. The molecule has 0 aliphatic carbocycles. The van der Waals surface area contributed by atoms with Crippen LogP contribution in [0.1, 0.15) is 35.3 Å². The van der Waals surface area contributed by atoms with Gasteiger partial charge in [0, 0.05) is 29.4 Å². The molecule has 2 aromatic heterocycles. The zero-order chi connectivity index (χ0) is 15.4. The summed E-state index contributed by atoms with van der Waals surface area (Å²) in [5.41, 5.74) is 0. The predicted octanol–water partition coefficient (Wildman–Crippen LogP) is 2.59. The van der Waals surface area contributed by atoms with Crippen molar-refractivity contribution >= 4 is 11.3 Å². The third-order valence-corrected chi connectivity index (χ3v) is 5.22. The lowest BCUT2D eigenvalue weighted by Crippen LogP contribution is -2.19. The van der Waals surface area contributed by atoms with Gasteiger partial charge < -0.3 is 4.57 Å². The second-order valence-electron chi connectivity index (χ2n) is 6.06. The van der Waals surface area contributed by atoms with Crippen molar-refractivity contribution in [3.63, 3.8) is 0 Å². The van der Waals surface area contributed by atoms with Crippen molar-refractivity contribution < 1.29 is 0 Å². The van der Waals surface area contributed by atoms with Gasteiger partial charge >= 0.3 is 0 Å². The molecule has 0 spiro atoms. The molecule has 0 bridgehead atoms. The lowest BCUT2D eigenvalue weighted by atomic mass is 10.4. The fraction of sp³-hybridized carbons (Fsp3) is 0.625. The van der Waals surface area contributed by atoms with E-state index in [2.05, 4.69) is 50.7 Å². The molecule has 1 aliphatic rings. The van der Waals surface area contributed by atoms with Crippen LogP contribution in [0.4, 0.5) is 0 Å². The van der Waals surface area contributed by atoms with Gasteiger partial charge in [0.2, 0.25) is 0 Å². The average Bonchev–Trinajstić information content (AvgIpc) is 3.22. The van der Waals surface area contributed by atoms with Crippen LogP contribution in [0.5, 0.6) is 0 Å². The Morgan fingerprint density at radius 2 is 1.95 bits per heavy atom. The number of thiophene rings is 1. The lowest BCUT2D eigenvalue weighted by molar-refractivity contribution is 0.307. The summed E-state index contributed by atoms with van der Waals surface area (Å²) in [5.74, 6) is 1.04. The van der Waals surface area contributed by atoms with Crippen LogP contribution in [-0.2, 0) is 26.2 Å². The summed E-state index contributed by atoms with van der Waals surface area (Å²) in [6, 6.07) is 4.57. The third-order valence-electron chi connectivity index (χ3n) is 4.17. The summed E-state index contributed by atoms with van der Waals surface area (Å²) in [5, 5.41) is 8.21. The molecule has 0 unspecified atom stereocenters. The Morgan fingerprint density at radius 1 is 1.18 bits per heavy atom. The molecule has 0 amide bonds. The highest BCUT2D eigenvalue weighted by molar-refractivity contribution is 7.11. The molecule has 0 aromatic carbocycles. The number of hydrogen-bond donors (Lipinski definition) is 0. The van der Waals surface area contributed by atoms with E-state index in [-0.39, 0.29) is 0 Å². The van der Waals surface area contributed by atoms with Gasteiger partial charge in [-0.15, -0.1) is 21.5 Å². The Hall–Kier alpha value is -1.24. The van der Waals surface area contributed by atoms with Crippen LogP contribution in [-0.4, -0.2) is 44.7 Å². The molecular formula is C16H25N5S. The number of rotatable bonds is 7. The second kappa shape index (κ2) is 7.35. The first-order valence-corrected chi connectivity index (χ1v) is 8.91. The summed E-state index contributed by atoms with van der Waals surface area (Å²) < 4.78 is 2.10. The van der Waals surface area contributed by atoms with E-state index in [1.54, 1.807) is 0 Å². The van der Waals surface area contributed by atoms with Crippen molar-refractivity contribution in [2.45, 2.75) is 45.9 Å². The molecule has 120 valence electrons. The highest BCUT2D eigenvalue weighted by atomic mass is 32.1. The highest BCUT2D eigenvalue weighted by Crippen LogP contribution is 2.22. The first-order chi connectivity index (χ1) is 10.7. The van der Waals surface area contributed by atoms with E-state index < -0.39 is 0 Å². The zero-order valence-corrected chi connectivity index (χ0v) is 14.3. The van der Waals surface area contributed by atoms with Crippen LogP contribution in [0.15, 0.2) is 18.5 Å². The summed E-state index contributed by atoms with van der Waals surface area (Å²) in [4.78, 5) is 7.78. The number of nitrogens with zero attached hydrogens (tertiary/aromatic N) is 5. The van der Waals surface area contributed by atoms with Crippen LogP contribution in [0.3, 0.4) is 0 Å². The number of aromatic nitrogens is 3. The Balaban J connectivity index is 1.53. The zero-order valence-electron chi connectivity index (χ0n) is 13.5. The van der Waals surface area contributed by atoms with Crippen LogP contribution in [0.25, 0.3) is 0 Å². The Morgan fingerprint density at radius 3 is 2.73 bits per heavy atom. The maximum absolute atomic E-state index is 4.21. The van der Waals surface area contributed by atoms with Gasteiger partial charge in [0.1, 0.15) is 12.2 Å². The van der Waals surface area contributed by atoms with Gasteiger partial charge in [-0.2, -0.15) is 0 Å². The van der Waals surface area contributed by atoms with Gasteiger partial charge in [-0.25, -0.2) is 0 Å². The molecule has 1 fully saturated rings. The molecule has 0 radical (unpaired) electrons. The minimum Gasteiger partial charge on any atom is -0.317 e. The molecule has 0 saturated carbocycles. The summed E-state index contributed by atoms with van der Waals surface area (Å²) in [7, 11) is 2.15. The predicted molar refractivity (Wildman–Crippen MR) is 89.7 cm³/mol. The number of hydrogen-bond acceptors (Lipinski definition) is 5. The van der Waals surface area contributed by atoms with Gasteiger partial charge in [-0.3, -0.25) is 9.80 Å².